The Balaban J connectivity index is 2.64. The Morgan fingerprint density at radius 1 is 1.31 bits per heavy atom. The highest BCUT2D eigenvalue weighted by Crippen LogP contribution is 2.28. The molecule has 0 saturated carbocycles. The van der Waals surface area contributed by atoms with E-state index in [1.807, 2.05) is 0 Å². The van der Waals surface area contributed by atoms with Crippen LogP contribution in [0.4, 0.5) is 5.69 Å². The van der Waals surface area contributed by atoms with Crippen LogP contribution in [0.1, 0.15) is 17.5 Å². The molecule has 0 spiro atoms. The summed E-state index contributed by atoms with van der Waals surface area (Å²) in [6.45, 7) is 7.76. The molecule has 1 aromatic rings. The van der Waals surface area contributed by atoms with Crippen molar-refractivity contribution < 1.29 is 0 Å². The third-order valence-electron chi connectivity index (χ3n) is 3.30. The summed E-state index contributed by atoms with van der Waals surface area (Å²) >= 11 is 6.65. The lowest BCUT2D eigenvalue weighted by molar-refractivity contribution is 0.746. The molecule has 88 valence electrons. The van der Waals surface area contributed by atoms with Gasteiger partial charge in [-0.1, -0.05) is 30.8 Å². The van der Waals surface area contributed by atoms with E-state index in [9.17, 15) is 0 Å². The second-order valence-electron chi connectivity index (χ2n) is 5.32. The van der Waals surface area contributed by atoms with Gasteiger partial charge in [0.2, 0.25) is 0 Å². The Kier molecular flexibility index (Phi) is 3.06. The molecule has 2 rings (SSSR count). The monoisotopic (exact) mass is 253 g/mol. The van der Waals surface area contributed by atoms with Crippen LogP contribution in [0.25, 0.3) is 0 Å². The Bertz CT molecular complexity index is 409. The average Bonchev–Trinajstić information content (AvgIpc) is 2.15. The van der Waals surface area contributed by atoms with Crippen LogP contribution < -0.4 is 10.1 Å². The second-order valence-corrected chi connectivity index (χ2v) is 11.6. The normalized spacial score (nSPS) is 16.2. The second kappa shape index (κ2) is 4.08. The molecule has 0 saturated heterocycles. The van der Waals surface area contributed by atoms with Gasteiger partial charge < -0.3 is 4.90 Å². The molecule has 0 unspecified atom stereocenters. The fourth-order valence-electron chi connectivity index (χ4n) is 2.57. The van der Waals surface area contributed by atoms with Gasteiger partial charge in [0.25, 0.3) is 0 Å². The van der Waals surface area contributed by atoms with Crippen LogP contribution >= 0.6 is 11.1 Å². The summed E-state index contributed by atoms with van der Waals surface area (Å²) in [7, 11) is 0.433. The first-order valence-electron chi connectivity index (χ1n) is 5.93. The highest BCUT2D eigenvalue weighted by molar-refractivity contribution is 7.26. The van der Waals surface area contributed by atoms with Crippen molar-refractivity contribution in [2.45, 2.75) is 32.9 Å². The molecule has 0 aromatic heterocycles. The van der Waals surface area contributed by atoms with Gasteiger partial charge in [-0.15, -0.1) is 0 Å². The Labute approximate surface area is 104 Å². The van der Waals surface area contributed by atoms with Gasteiger partial charge >= 0.3 is 0 Å². The van der Waals surface area contributed by atoms with Crippen LogP contribution in [-0.4, -0.2) is 21.0 Å². The van der Waals surface area contributed by atoms with Gasteiger partial charge in [0, 0.05) is 19.3 Å². The van der Waals surface area contributed by atoms with Crippen molar-refractivity contribution in [3.05, 3.63) is 23.3 Å². The minimum Gasteiger partial charge on any atom is -0.374 e. The van der Waals surface area contributed by atoms with Crippen LogP contribution in [0.15, 0.2) is 12.1 Å². The molecule has 1 aliphatic rings. The van der Waals surface area contributed by atoms with Crippen molar-refractivity contribution in [3.63, 3.8) is 0 Å². The van der Waals surface area contributed by atoms with Gasteiger partial charge in [-0.25, -0.2) is 0 Å². The van der Waals surface area contributed by atoms with Gasteiger partial charge in [-0.3, -0.25) is 0 Å². The fourth-order valence-corrected chi connectivity index (χ4v) is 4.48. The number of benzene rings is 1. The Morgan fingerprint density at radius 3 is 2.62 bits per heavy atom. The molecule has 16 heavy (non-hydrogen) atoms. The number of rotatable bonds is 1. The van der Waals surface area contributed by atoms with Crippen molar-refractivity contribution in [2.75, 3.05) is 18.5 Å². The molecule has 0 radical (unpaired) electrons. The number of aryl methyl sites for hydroxylation is 2. The van der Waals surface area contributed by atoms with Crippen molar-refractivity contribution in [2.24, 2.45) is 0 Å². The highest BCUT2D eigenvalue weighted by Gasteiger charge is 2.28. The lowest BCUT2D eigenvalue weighted by Crippen LogP contribution is -2.42. The fraction of sp³-hybridized carbons (Fsp3) is 0.538. The third kappa shape index (κ3) is 2.14. The summed E-state index contributed by atoms with van der Waals surface area (Å²) in [5, 5.41) is 1.41. The van der Waals surface area contributed by atoms with Gasteiger partial charge in [-0.05, 0) is 30.5 Å². The number of fused-ring (bicyclic) bond motifs is 1. The van der Waals surface area contributed by atoms with E-state index in [0.29, 0.717) is 0 Å². The maximum absolute atomic E-state index is 6.65. The van der Waals surface area contributed by atoms with Crippen LogP contribution in [0.3, 0.4) is 0 Å². The maximum Gasteiger partial charge on any atom is 0.182 e. The standard InChI is InChI=1S/C13H20ClNSi/c1-10-8-11-6-5-7-15(2)13(11)12(9-10)16(3,4)14/h8-9H,5-7H2,1-4H3. The van der Waals surface area contributed by atoms with Gasteiger partial charge in [0.15, 0.2) is 7.38 Å². The summed E-state index contributed by atoms with van der Waals surface area (Å²) in [5.74, 6) is 0. The zero-order valence-corrected chi connectivity index (χ0v) is 12.4. The quantitative estimate of drug-likeness (QED) is 0.549. The van der Waals surface area contributed by atoms with Crippen molar-refractivity contribution in [3.8, 4) is 0 Å². The van der Waals surface area contributed by atoms with E-state index in [1.54, 1.807) is 0 Å². The predicted octanol–water partition coefficient (Wildman–Crippen LogP) is 3.03. The van der Waals surface area contributed by atoms with Crippen molar-refractivity contribution in [1.82, 2.24) is 0 Å². The molecule has 0 amide bonds. The molecule has 0 bridgehead atoms. The van der Waals surface area contributed by atoms with E-state index >= 15 is 0 Å². The largest absolute Gasteiger partial charge is 0.374 e. The SMILES string of the molecule is Cc1cc2c(c([Si](C)(C)Cl)c1)N(C)CCC2. The summed E-state index contributed by atoms with van der Waals surface area (Å²) in [6, 6.07) is 4.62. The first-order chi connectivity index (χ1) is 7.39. The summed E-state index contributed by atoms with van der Waals surface area (Å²) in [4.78, 5) is 2.38. The topological polar surface area (TPSA) is 3.24 Å². The molecule has 1 heterocycles. The molecular formula is C13H20ClNSi. The van der Waals surface area contributed by atoms with E-state index in [1.165, 1.54) is 34.8 Å². The average molecular weight is 254 g/mol. The molecular weight excluding hydrogens is 234 g/mol. The van der Waals surface area contributed by atoms with Crippen LogP contribution in [0.5, 0.6) is 0 Å². The van der Waals surface area contributed by atoms with E-state index in [4.69, 9.17) is 11.1 Å². The molecule has 0 N–H and O–H groups in total. The molecule has 3 heteroatoms. The predicted molar refractivity (Wildman–Crippen MR) is 75.7 cm³/mol. The molecule has 0 atom stereocenters. The summed E-state index contributed by atoms with van der Waals surface area (Å²) in [6.07, 6.45) is 2.46. The van der Waals surface area contributed by atoms with Gasteiger partial charge in [-0.2, -0.15) is 11.1 Å². The van der Waals surface area contributed by atoms with Crippen molar-refractivity contribution >= 4 is 29.3 Å². The number of anilines is 1. The van der Waals surface area contributed by atoms with Crippen LogP contribution in [0, 0.1) is 6.92 Å². The van der Waals surface area contributed by atoms with E-state index in [0.717, 1.165) is 6.54 Å². The lowest BCUT2D eigenvalue weighted by Gasteiger charge is -2.33. The zero-order valence-electron chi connectivity index (χ0n) is 10.6. The number of hydrogen-bond donors (Lipinski definition) is 0. The minimum absolute atomic E-state index is 1.16. The van der Waals surface area contributed by atoms with Crippen LogP contribution in [-0.2, 0) is 6.42 Å². The smallest absolute Gasteiger partial charge is 0.182 e. The highest BCUT2D eigenvalue weighted by atomic mass is 35.6. The van der Waals surface area contributed by atoms with Gasteiger partial charge in [0.1, 0.15) is 0 Å². The maximum atomic E-state index is 6.65. The minimum atomic E-state index is -1.76. The number of halogens is 1. The zero-order chi connectivity index (χ0) is 11.9. The number of nitrogens with zero attached hydrogens (tertiary/aromatic N) is 1. The molecule has 1 nitrogen and oxygen atoms in total. The molecule has 1 aliphatic heterocycles. The lowest BCUT2D eigenvalue weighted by atomic mass is 10.00. The molecule has 0 fully saturated rings. The van der Waals surface area contributed by atoms with E-state index in [2.05, 4.69) is 44.1 Å². The Hall–Kier alpha value is -0.473. The first kappa shape index (κ1) is 12.0. The first-order valence-corrected chi connectivity index (χ1v) is 9.95. The summed E-state index contributed by atoms with van der Waals surface area (Å²) in [5.41, 5.74) is 4.26. The Morgan fingerprint density at radius 2 is 2.00 bits per heavy atom. The summed E-state index contributed by atoms with van der Waals surface area (Å²) < 4.78 is 0. The van der Waals surface area contributed by atoms with Crippen molar-refractivity contribution in [1.29, 1.82) is 0 Å². The van der Waals surface area contributed by atoms with E-state index < -0.39 is 7.38 Å². The van der Waals surface area contributed by atoms with E-state index in [-0.39, 0.29) is 0 Å². The third-order valence-corrected chi connectivity index (χ3v) is 5.57. The molecule has 1 aromatic carbocycles. The molecule has 0 aliphatic carbocycles. The van der Waals surface area contributed by atoms with Gasteiger partial charge in [0.05, 0.1) is 0 Å². The van der Waals surface area contributed by atoms with Crippen LogP contribution in [0.2, 0.25) is 13.1 Å². The number of hydrogen-bond acceptors (Lipinski definition) is 1.